The third-order valence-corrected chi connectivity index (χ3v) is 2.82. The Balaban J connectivity index is 1.99. The normalized spacial score (nSPS) is 44.2. The fourth-order valence-electron chi connectivity index (χ4n) is 2.23. The first-order valence-electron chi connectivity index (χ1n) is 4.51. The quantitative estimate of drug-likeness (QED) is 0.565. The summed E-state index contributed by atoms with van der Waals surface area (Å²) in [6.45, 7) is 9.01. The molecular formula is C9H17NO. The Hall–Kier alpha value is -0.0800. The number of nitrogens with zero attached hydrogens (tertiary/aromatic N) is 1. The largest absolute Gasteiger partial charge is 0.369 e. The molecule has 2 nitrogen and oxygen atoms in total. The van der Waals surface area contributed by atoms with Gasteiger partial charge in [0, 0.05) is 25.6 Å². The SMILES string of the molecule is CC(C)N1C[C@@H]2C[C@](C)(C1)O2. The van der Waals surface area contributed by atoms with Gasteiger partial charge in [-0.1, -0.05) is 0 Å². The zero-order valence-electron chi connectivity index (χ0n) is 7.63. The van der Waals surface area contributed by atoms with E-state index in [0.717, 1.165) is 13.1 Å². The lowest BCUT2D eigenvalue weighted by molar-refractivity contribution is -0.248. The Morgan fingerprint density at radius 2 is 2.18 bits per heavy atom. The van der Waals surface area contributed by atoms with Crippen molar-refractivity contribution in [2.75, 3.05) is 13.1 Å². The van der Waals surface area contributed by atoms with Crippen molar-refractivity contribution in [1.82, 2.24) is 4.90 Å². The molecule has 64 valence electrons. The molecule has 2 heteroatoms. The fraction of sp³-hybridized carbons (Fsp3) is 1.00. The fourth-order valence-corrected chi connectivity index (χ4v) is 2.23. The van der Waals surface area contributed by atoms with Crippen LogP contribution in [0.15, 0.2) is 0 Å². The van der Waals surface area contributed by atoms with E-state index in [9.17, 15) is 0 Å². The first-order chi connectivity index (χ1) is 5.09. The lowest BCUT2D eigenvalue weighted by Crippen LogP contribution is -2.65. The number of fused-ring (bicyclic) bond motifs is 2. The summed E-state index contributed by atoms with van der Waals surface area (Å²) in [6.07, 6.45) is 1.81. The van der Waals surface area contributed by atoms with E-state index < -0.39 is 0 Å². The van der Waals surface area contributed by atoms with Crippen LogP contribution in [0.5, 0.6) is 0 Å². The third kappa shape index (κ3) is 1.18. The number of piperidine rings is 1. The smallest absolute Gasteiger partial charge is 0.0810 e. The Morgan fingerprint density at radius 1 is 1.55 bits per heavy atom. The average Bonchev–Trinajstić information content (AvgIpc) is 1.84. The molecule has 0 aromatic heterocycles. The van der Waals surface area contributed by atoms with E-state index >= 15 is 0 Å². The first kappa shape index (κ1) is 7.56. The van der Waals surface area contributed by atoms with Crippen LogP contribution in [0.1, 0.15) is 27.2 Å². The van der Waals surface area contributed by atoms with E-state index in [4.69, 9.17) is 4.74 Å². The van der Waals surface area contributed by atoms with Gasteiger partial charge in [-0.05, 0) is 20.8 Å². The lowest BCUT2D eigenvalue weighted by Gasteiger charge is -2.55. The van der Waals surface area contributed by atoms with Crippen molar-refractivity contribution >= 4 is 0 Å². The molecule has 0 aliphatic carbocycles. The standard InChI is InChI=1S/C9H17NO/c1-7(2)10-5-8-4-9(3,6-10)11-8/h7-8H,4-6H2,1-3H3/t8-,9+/m0/s1. The Kier molecular flexibility index (Phi) is 1.52. The maximum Gasteiger partial charge on any atom is 0.0810 e. The van der Waals surface area contributed by atoms with E-state index in [0.29, 0.717) is 12.1 Å². The molecule has 0 spiro atoms. The van der Waals surface area contributed by atoms with Gasteiger partial charge in [0.15, 0.2) is 0 Å². The maximum absolute atomic E-state index is 5.70. The van der Waals surface area contributed by atoms with Crippen molar-refractivity contribution in [3.63, 3.8) is 0 Å². The summed E-state index contributed by atoms with van der Waals surface area (Å²) in [4.78, 5) is 2.51. The molecule has 3 saturated heterocycles. The predicted octanol–water partition coefficient (Wildman–Crippen LogP) is 1.26. The van der Waals surface area contributed by atoms with E-state index in [2.05, 4.69) is 25.7 Å². The molecule has 3 rings (SSSR count). The Labute approximate surface area is 68.5 Å². The van der Waals surface area contributed by atoms with Crippen LogP contribution >= 0.6 is 0 Å². The molecule has 0 amide bonds. The second-order valence-electron chi connectivity index (χ2n) is 4.42. The highest BCUT2D eigenvalue weighted by atomic mass is 16.5. The molecule has 0 radical (unpaired) electrons. The Morgan fingerprint density at radius 3 is 2.55 bits per heavy atom. The molecule has 2 bridgehead atoms. The van der Waals surface area contributed by atoms with Crippen LogP contribution in [0.25, 0.3) is 0 Å². The summed E-state index contributed by atoms with van der Waals surface area (Å²) in [5, 5.41) is 0. The molecule has 0 aromatic rings. The van der Waals surface area contributed by atoms with E-state index in [1.807, 2.05) is 0 Å². The molecule has 0 saturated carbocycles. The molecule has 3 fully saturated rings. The summed E-state index contributed by atoms with van der Waals surface area (Å²) >= 11 is 0. The van der Waals surface area contributed by atoms with Crippen LogP contribution in [0.3, 0.4) is 0 Å². The lowest BCUT2D eigenvalue weighted by atomic mass is 9.85. The van der Waals surface area contributed by atoms with Crippen molar-refractivity contribution in [1.29, 1.82) is 0 Å². The Bertz CT molecular complexity index is 161. The highest BCUT2D eigenvalue weighted by Crippen LogP contribution is 2.38. The summed E-state index contributed by atoms with van der Waals surface area (Å²) < 4.78 is 5.70. The van der Waals surface area contributed by atoms with Gasteiger partial charge in [-0.15, -0.1) is 0 Å². The molecule has 0 unspecified atom stereocenters. The highest BCUT2D eigenvalue weighted by molar-refractivity contribution is 4.99. The average molecular weight is 155 g/mol. The summed E-state index contributed by atoms with van der Waals surface area (Å²) in [6, 6.07) is 0.682. The molecule has 3 heterocycles. The van der Waals surface area contributed by atoms with Crippen LogP contribution < -0.4 is 0 Å². The summed E-state index contributed by atoms with van der Waals surface area (Å²) in [5.74, 6) is 0. The number of morpholine rings is 1. The van der Waals surface area contributed by atoms with Gasteiger partial charge in [0.25, 0.3) is 0 Å². The number of hydrogen-bond donors (Lipinski definition) is 0. The van der Waals surface area contributed by atoms with E-state index in [-0.39, 0.29) is 5.60 Å². The van der Waals surface area contributed by atoms with Crippen LogP contribution in [0.4, 0.5) is 0 Å². The van der Waals surface area contributed by atoms with Crippen molar-refractivity contribution in [3.8, 4) is 0 Å². The second-order valence-corrected chi connectivity index (χ2v) is 4.42. The molecule has 0 N–H and O–H groups in total. The van der Waals surface area contributed by atoms with Crippen LogP contribution in [0.2, 0.25) is 0 Å². The zero-order chi connectivity index (χ0) is 8.06. The minimum absolute atomic E-state index is 0.202. The van der Waals surface area contributed by atoms with Gasteiger partial charge >= 0.3 is 0 Å². The van der Waals surface area contributed by atoms with E-state index in [1.54, 1.807) is 0 Å². The molecule has 3 aliphatic rings. The minimum atomic E-state index is 0.202. The molecule has 3 aliphatic heterocycles. The molecule has 2 atom stereocenters. The minimum Gasteiger partial charge on any atom is -0.369 e. The summed E-state index contributed by atoms with van der Waals surface area (Å²) in [5.41, 5.74) is 0.202. The maximum atomic E-state index is 5.70. The first-order valence-corrected chi connectivity index (χ1v) is 4.51. The topological polar surface area (TPSA) is 12.5 Å². The number of hydrogen-bond acceptors (Lipinski definition) is 2. The van der Waals surface area contributed by atoms with Crippen LogP contribution in [-0.2, 0) is 4.74 Å². The number of rotatable bonds is 1. The van der Waals surface area contributed by atoms with Gasteiger partial charge in [-0.3, -0.25) is 4.90 Å². The monoisotopic (exact) mass is 155 g/mol. The van der Waals surface area contributed by atoms with Gasteiger partial charge in [0.1, 0.15) is 0 Å². The van der Waals surface area contributed by atoms with Gasteiger partial charge in [-0.25, -0.2) is 0 Å². The van der Waals surface area contributed by atoms with Gasteiger partial charge in [0.05, 0.1) is 11.7 Å². The van der Waals surface area contributed by atoms with Crippen molar-refractivity contribution in [3.05, 3.63) is 0 Å². The highest BCUT2D eigenvalue weighted by Gasteiger charge is 2.48. The van der Waals surface area contributed by atoms with Gasteiger partial charge < -0.3 is 4.74 Å². The molecular weight excluding hydrogens is 138 g/mol. The van der Waals surface area contributed by atoms with Crippen LogP contribution in [-0.4, -0.2) is 35.7 Å². The van der Waals surface area contributed by atoms with Crippen molar-refractivity contribution in [2.24, 2.45) is 0 Å². The van der Waals surface area contributed by atoms with Crippen molar-refractivity contribution in [2.45, 2.75) is 44.9 Å². The van der Waals surface area contributed by atoms with Gasteiger partial charge in [-0.2, -0.15) is 0 Å². The van der Waals surface area contributed by atoms with Crippen LogP contribution in [0, 0.1) is 0 Å². The van der Waals surface area contributed by atoms with Crippen molar-refractivity contribution < 1.29 is 4.74 Å². The second kappa shape index (κ2) is 2.20. The molecule has 0 aromatic carbocycles. The zero-order valence-corrected chi connectivity index (χ0v) is 7.63. The third-order valence-electron chi connectivity index (χ3n) is 2.82. The van der Waals surface area contributed by atoms with E-state index in [1.165, 1.54) is 6.42 Å². The molecule has 11 heavy (non-hydrogen) atoms. The predicted molar refractivity (Wildman–Crippen MR) is 44.6 cm³/mol. The summed E-state index contributed by atoms with van der Waals surface area (Å²) in [7, 11) is 0. The number of ether oxygens (including phenoxy) is 1. The van der Waals surface area contributed by atoms with Gasteiger partial charge in [0.2, 0.25) is 0 Å².